The van der Waals surface area contributed by atoms with E-state index in [4.69, 9.17) is 4.74 Å². The monoisotopic (exact) mass is 384 g/mol. The summed E-state index contributed by atoms with van der Waals surface area (Å²) in [6, 6.07) is 8.21. The van der Waals surface area contributed by atoms with E-state index in [0.29, 0.717) is 6.61 Å². The van der Waals surface area contributed by atoms with Gasteiger partial charge < -0.3 is 9.64 Å². The fourth-order valence-corrected chi connectivity index (χ4v) is 4.86. The van der Waals surface area contributed by atoms with Crippen LogP contribution in [0.3, 0.4) is 0 Å². The van der Waals surface area contributed by atoms with Crippen molar-refractivity contribution in [3.05, 3.63) is 52.7 Å². The largest absolute Gasteiger partial charge is 0.371 e. The highest BCUT2D eigenvalue weighted by molar-refractivity contribution is 7.21. The summed E-state index contributed by atoms with van der Waals surface area (Å²) in [5.41, 5.74) is 2.23. The van der Waals surface area contributed by atoms with Crippen molar-refractivity contribution in [1.29, 1.82) is 0 Å². The summed E-state index contributed by atoms with van der Waals surface area (Å²) in [6.45, 7) is 3.14. The second-order valence-corrected chi connectivity index (χ2v) is 8.21. The molecule has 0 saturated carbocycles. The smallest absolute Gasteiger partial charge is 0.263 e. The SMILES string of the molecule is CN(C)C(=O)c1sc2ccccc2c1[C@H]1CN(Cc2cnn(C)c2)CCO1. The Balaban J connectivity index is 1.66. The van der Waals surface area contributed by atoms with E-state index in [1.54, 1.807) is 30.3 Å². The third-order valence-corrected chi connectivity index (χ3v) is 6.05. The summed E-state index contributed by atoms with van der Waals surface area (Å²) >= 11 is 1.56. The van der Waals surface area contributed by atoms with E-state index < -0.39 is 0 Å². The average molecular weight is 385 g/mol. The molecule has 1 aliphatic rings. The second kappa shape index (κ2) is 7.42. The van der Waals surface area contributed by atoms with Gasteiger partial charge in [0, 0.05) is 62.8 Å². The maximum atomic E-state index is 12.8. The van der Waals surface area contributed by atoms with Gasteiger partial charge in [-0.2, -0.15) is 5.10 Å². The first-order valence-electron chi connectivity index (χ1n) is 9.07. The maximum Gasteiger partial charge on any atom is 0.263 e. The van der Waals surface area contributed by atoms with Crippen LogP contribution in [0.5, 0.6) is 0 Å². The molecule has 0 N–H and O–H groups in total. The number of hydrogen-bond acceptors (Lipinski definition) is 5. The topological polar surface area (TPSA) is 50.6 Å². The van der Waals surface area contributed by atoms with Crippen molar-refractivity contribution in [1.82, 2.24) is 19.6 Å². The van der Waals surface area contributed by atoms with Gasteiger partial charge in [-0.15, -0.1) is 11.3 Å². The maximum absolute atomic E-state index is 12.8. The molecule has 3 aromatic rings. The molecule has 142 valence electrons. The molecule has 4 rings (SSSR count). The molecule has 0 bridgehead atoms. The molecule has 6 nitrogen and oxygen atoms in total. The van der Waals surface area contributed by atoms with Gasteiger partial charge in [-0.3, -0.25) is 14.4 Å². The third kappa shape index (κ3) is 3.63. The Labute approximate surface area is 162 Å². The number of carbonyl (C=O) groups excluding carboxylic acids is 1. The zero-order valence-electron chi connectivity index (χ0n) is 15.9. The Kier molecular flexibility index (Phi) is 4.99. The minimum absolute atomic E-state index is 0.0409. The van der Waals surface area contributed by atoms with Gasteiger partial charge in [0.25, 0.3) is 5.91 Å². The molecule has 1 fully saturated rings. The van der Waals surface area contributed by atoms with Crippen molar-refractivity contribution in [2.75, 3.05) is 33.8 Å². The fraction of sp³-hybridized carbons (Fsp3) is 0.400. The lowest BCUT2D eigenvalue weighted by atomic mass is 10.0. The van der Waals surface area contributed by atoms with Gasteiger partial charge in [0.05, 0.1) is 23.8 Å². The summed E-state index contributed by atoms with van der Waals surface area (Å²) in [6.07, 6.45) is 3.85. The van der Waals surface area contributed by atoms with Crippen LogP contribution in [-0.4, -0.2) is 59.3 Å². The van der Waals surface area contributed by atoms with Gasteiger partial charge in [-0.25, -0.2) is 0 Å². The molecule has 7 heteroatoms. The number of ether oxygens (including phenoxy) is 1. The Morgan fingerprint density at radius 3 is 2.93 bits per heavy atom. The van der Waals surface area contributed by atoms with E-state index in [0.717, 1.165) is 40.2 Å². The Morgan fingerprint density at radius 2 is 2.19 bits per heavy atom. The number of hydrogen-bond donors (Lipinski definition) is 0. The standard InChI is InChI=1S/C20H24N4O2S/c1-22(2)20(25)19-18(15-6-4-5-7-17(15)27-19)16-13-24(8-9-26-16)12-14-10-21-23(3)11-14/h4-7,10-11,16H,8-9,12-13H2,1-3H3/t16-/m1/s1. The van der Waals surface area contributed by atoms with Gasteiger partial charge in [0.1, 0.15) is 0 Å². The second-order valence-electron chi connectivity index (χ2n) is 7.16. The average Bonchev–Trinajstić information content (AvgIpc) is 3.24. The van der Waals surface area contributed by atoms with Crippen LogP contribution in [0.2, 0.25) is 0 Å². The third-order valence-electron chi connectivity index (χ3n) is 4.87. The van der Waals surface area contributed by atoms with Gasteiger partial charge in [-0.05, 0) is 11.5 Å². The Morgan fingerprint density at radius 1 is 1.37 bits per heavy atom. The first kappa shape index (κ1) is 18.2. The van der Waals surface area contributed by atoms with Crippen molar-refractivity contribution in [3.63, 3.8) is 0 Å². The summed E-state index contributed by atoms with van der Waals surface area (Å²) < 4.78 is 9.10. The van der Waals surface area contributed by atoms with Crippen LogP contribution in [0.25, 0.3) is 10.1 Å². The van der Waals surface area contributed by atoms with E-state index in [1.165, 1.54) is 5.56 Å². The predicted molar refractivity (Wildman–Crippen MR) is 107 cm³/mol. The van der Waals surface area contributed by atoms with E-state index in [-0.39, 0.29) is 12.0 Å². The molecule has 1 aliphatic heterocycles. The highest BCUT2D eigenvalue weighted by atomic mass is 32.1. The highest BCUT2D eigenvalue weighted by Crippen LogP contribution is 2.38. The van der Waals surface area contributed by atoms with Crippen LogP contribution in [-0.2, 0) is 18.3 Å². The molecular formula is C20H24N4O2S. The fourth-order valence-electron chi connectivity index (χ4n) is 3.58. The number of aryl methyl sites for hydroxylation is 1. The van der Waals surface area contributed by atoms with E-state index in [1.807, 2.05) is 36.3 Å². The van der Waals surface area contributed by atoms with Crippen LogP contribution in [0, 0.1) is 0 Å². The van der Waals surface area contributed by atoms with Crippen molar-refractivity contribution < 1.29 is 9.53 Å². The van der Waals surface area contributed by atoms with E-state index in [2.05, 4.69) is 22.1 Å². The zero-order valence-corrected chi connectivity index (χ0v) is 16.7. The molecular weight excluding hydrogens is 360 g/mol. The molecule has 1 atom stereocenters. The number of thiophene rings is 1. The molecule has 1 aromatic carbocycles. The molecule has 1 amide bonds. The van der Waals surface area contributed by atoms with Crippen LogP contribution in [0.15, 0.2) is 36.7 Å². The molecule has 0 aliphatic carbocycles. The van der Waals surface area contributed by atoms with E-state index in [9.17, 15) is 4.79 Å². The lowest BCUT2D eigenvalue weighted by molar-refractivity contribution is -0.0323. The number of aromatic nitrogens is 2. The number of nitrogens with zero attached hydrogens (tertiary/aromatic N) is 4. The number of morpholine rings is 1. The normalized spacial score (nSPS) is 18.1. The predicted octanol–water partition coefficient (Wildman–Crippen LogP) is 2.91. The van der Waals surface area contributed by atoms with Gasteiger partial charge in [0.2, 0.25) is 0 Å². The quantitative estimate of drug-likeness (QED) is 0.694. The molecule has 2 aromatic heterocycles. The Hall–Kier alpha value is -2.22. The van der Waals surface area contributed by atoms with Crippen molar-refractivity contribution >= 4 is 27.3 Å². The summed E-state index contributed by atoms with van der Waals surface area (Å²) in [5, 5.41) is 5.38. The number of carbonyl (C=O) groups is 1. The summed E-state index contributed by atoms with van der Waals surface area (Å²) in [4.78, 5) is 17.6. The first-order chi connectivity index (χ1) is 13.0. The molecule has 1 saturated heterocycles. The molecule has 0 unspecified atom stereocenters. The van der Waals surface area contributed by atoms with Crippen LogP contribution >= 0.6 is 11.3 Å². The van der Waals surface area contributed by atoms with Crippen LogP contribution < -0.4 is 0 Å². The molecule has 0 spiro atoms. The van der Waals surface area contributed by atoms with Crippen molar-refractivity contribution in [2.45, 2.75) is 12.6 Å². The van der Waals surface area contributed by atoms with Gasteiger partial charge >= 0.3 is 0 Å². The van der Waals surface area contributed by atoms with Gasteiger partial charge in [-0.1, -0.05) is 18.2 Å². The first-order valence-corrected chi connectivity index (χ1v) is 9.89. The van der Waals surface area contributed by atoms with Gasteiger partial charge in [0.15, 0.2) is 0 Å². The van der Waals surface area contributed by atoms with E-state index >= 15 is 0 Å². The molecule has 0 radical (unpaired) electrons. The Bertz CT molecular complexity index is 962. The molecule has 3 heterocycles. The number of fused-ring (bicyclic) bond motifs is 1. The number of amides is 1. The van der Waals surface area contributed by atoms with Crippen molar-refractivity contribution in [3.8, 4) is 0 Å². The number of rotatable bonds is 4. The molecule has 27 heavy (non-hydrogen) atoms. The summed E-state index contributed by atoms with van der Waals surface area (Å²) in [7, 11) is 5.53. The zero-order chi connectivity index (χ0) is 19.0. The van der Waals surface area contributed by atoms with Crippen molar-refractivity contribution in [2.24, 2.45) is 7.05 Å². The lowest BCUT2D eigenvalue weighted by Gasteiger charge is -2.33. The minimum Gasteiger partial charge on any atom is -0.371 e. The summed E-state index contributed by atoms with van der Waals surface area (Å²) in [5.74, 6) is 0.0409. The van der Waals surface area contributed by atoms with Crippen LogP contribution in [0.4, 0.5) is 0 Å². The minimum atomic E-state index is -0.106. The lowest BCUT2D eigenvalue weighted by Crippen LogP contribution is -2.38. The number of benzene rings is 1. The van der Waals surface area contributed by atoms with Crippen LogP contribution in [0.1, 0.15) is 26.9 Å². The highest BCUT2D eigenvalue weighted by Gasteiger charge is 2.30.